The van der Waals surface area contributed by atoms with Crippen LogP contribution in [0.3, 0.4) is 0 Å². The maximum absolute atomic E-state index is 10.9. The van der Waals surface area contributed by atoms with Crippen LogP contribution in [0.4, 0.5) is 5.13 Å². The van der Waals surface area contributed by atoms with E-state index in [4.69, 9.17) is 21.7 Å². The van der Waals surface area contributed by atoms with E-state index in [-0.39, 0.29) is 6.42 Å². The summed E-state index contributed by atoms with van der Waals surface area (Å²) in [6.45, 7) is 5.88. The average molecular weight is 416 g/mol. The second-order valence-corrected chi connectivity index (χ2v) is 8.72. The summed E-state index contributed by atoms with van der Waals surface area (Å²) in [5.74, 6) is -0.795. The lowest BCUT2D eigenvalue weighted by Gasteiger charge is -2.39. The van der Waals surface area contributed by atoms with Gasteiger partial charge in [0.1, 0.15) is 0 Å². The molecule has 3 aromatic rings. The molecule has 146 valence electrons. The quantitative estimate of drug-likeness (QED) is 0.673. The number of halogens is 1. The standard InChI is InChI=1S/C21H22ClN3O2S/c1-14-12-24(13-16-4-2-3-15(9-16)10-20(26)27)7-8-25(14)21-23-18-6-5-17(22)11-19(18)28-21/h2-6,9,11,14H,7-8,10,12-13H2,1H3,(H,26,27)/t14-/m1/s1. The van der Waals surface area contributed by atoms with E-state index in [1.807, 2.05) is 36.4 Å². The normalized spacial score (nSPS) is 17.9. The molecule has 0 unspecified atom stereocenters. The van der Waals surface area contributed by atoms with E-state index in [1.54, 1.807) is 11.3 Å². The summed E-state index contributed by atoms with van der Waals surface area (Å²) in [5, 5.41) is 10.8. The third-order valence-electron chi connectivity index (χ3n) is 5.05. The molecule has 2 aromatic carbocycles. The Hall–Kier alpha value is -2.15. The van der Waals surface area contributed by atoms with Crippen LogP contribution in [0.1, 0.15) is 18.1 Å². The maximum Gasteiger partial charge on any atom is 0.307 e. The number of aliphatic carboxylic acids is 1. The van der Waals surface area contributed by atoms with Gasteiger partial charge in [0.2, 0.25) is 0 Å². The Balaban J connectivity index is 1.43. The summed E-state index contributed by atoms with van der Waals surface area (Å²) in [6.07, 6.45) is 0.0691. The Morgan fingerprint density at radius 2 is 2.07 bits per heavy atom. The number of nitrogens with zero attached hydrogens (tertiary/aromatic N) is 3. The van der Waals surface area contributed by atoms with E-state index in [0.29, 0.717) is 6.04 Å². The summed E-state index contributed by atoms with van der Waals surface area (Å²) >= 11 is 7.79. The predicted octanol–water partition coefficient (Wildman–Crippen LogP) is 4.29. The first kappa shape index (κ1) is 19.2. The molecule has 1 aromatic heterocycles. The predicted molar refractivity (Wildman–Crippen MR) is 114 cm³/mol. The van der Waals surface area contributed by atoms with Gasteiger partial charge in [0, 0.05) is 37.2 Å². The third kappa shape index (κ3) is 4.29. The third-order valence-corrected chi connectivity index (χ3v) is 6.34. The number of rotatable bonds is 5. The van der Waals surface area contributed by atoms with Crippen LogP contribution in [-0.4, -0.2) is 46.6 Å². The van der Waals surface area contributed by atoms with Crippen LogP contribution in [0, 0.1) is 0 Å². The summed E-state index contributed by atoms with van der Waals surface area (Å²) < 4.78 is 1.12. The zero-order valence-electron chi connectivity index (χ0n) is 15.6. The number of aromatic nitrogens is 1. The largest absolute Gasteiger partial charge is 0.481 e. The van der Waals surface area contributed by atoms with Crippen LogP contribution >= 0.6 is 22.9 Å². The number of thiazole rings is 1. The molecule has 4 rings (SSSR count). The van der Waals surface area contributed by atoms with Crippen LogP contribution in [0.5, 0.6) is 0 Å². The molecule has 1 fully saturated rings. The molecule has 5 nitrogen and oxygen atoms in total. The monoisotopic (exact) mass is 415 g/mol. The molecular weight excluding hydrogens is 394 g/mol. The Bertz CT molecular complexity index is 1010. The molecule has 1 aliphatic rings. The van der Waals surface area contributed by atoms with Crippen LogP contribution in [0.25, 0.3) is 10.2 Å². The average Bonchev–Trinajstić information content (AvgIpc) is 3.04. The van der Waals surface area contributed by atoms with Crippen molar-refractivity contribution >= 4 is 44.3 Å². The van der Waals surface area contributed by atoms with Crippen molar-refractivity contribution in [1.29, 1.82) is 0 Å². The number of carbonyl (C=O) groups is 1. The highest BCUT2D eigenvalue weighted by atomic mass is 35.5. The molecule has 2 heterocycles. The molecule has 0 spiro atoms. The first-order valence-electron chi connectivity index (χ1n) is 9.32. The van der Waals surface area contributed by atoms with Crippen molar-refractivity contribution in [3.05, 3.63) is 58.6 Å². The Kier molecular flexibility index (Phi) is 5.53. The van der Waals surface area contributed by atoms with E-state index in [2.05, 4.69) is 22.8 Å². The van der Waals surface area contributed by atoms with Crippen LogP contribution in [0.15, 0.2) is 42.5 Å². The van der Waals surface area contributed by atoms with Crippen LogP contribution < -0.4 is 4.90 Å². The number of carboxylic acids is 1. The fourth-order valence-corrected chi connectivity index (χ4v) is 5.11. The van der Waals surface area contributed by atoms with Gasteiger partial charge in [0.25, 0.3) is 0 Å². The second kappa shape index (κ2) is 8.07. The number of anilines is 1. The fraction of sp³-hybridized carbons (Fsp3) is 0.333. The van der Waals surface area contributed by atoms with Gasteiger partial charge in [-0.05, 0) is 36.2 Å². The number of piperazine rings is 1. The van der Waals surface area contributed by atoms with Gasteiger partial charge in [-0.3, -0.25) is 9.69 Å². The number of hydrogen-bond acceptors (Lipinski definition) is 5. The molecule has 7 heteroatoms. The summed E-state index contributed by atoms with van der Waals surface area (Å²) in [4.78, 5) is 20.5. The second-order valence-electron chi connectivity index (χ2n) is 7.28. The number of fused-ring (bicyclic) bond motifs is 1. The lowest BCUT2D eigenvalue weighted by Crippen LogP contribution is -2.51. The van der Waals surface area contributed by atoms with Gasteiger partial charge >= 0.3 is 5.97 Å². The highest BCUT2D eigenvalue weighted by Gasteiger charge is 2.26. The fourth-order valence-electron chi connectivity index (χ4n) is 3.74. The molecule has 0 aliphatic carbocycles. The van der Waals surface area contributed by atoms with Crippen molar-refractivity contribution in [3.63, 3.8) is 0 Å². The Morgan fingerprint density at radius 1 is 1.25 bits per heavy atom. The topological polar surface area (TPSA) is 56.7 Å². The number of hydrogen-bond donors (Lipinski definition) is 1. The maximum atomic E-state index is 10.9. The van der Waals surface area contributed by atoms with E-state index in [1.165, 1.54) is 0 Å². The van der Waals surface area contributed by atoms with Gasteiger partial charge in [-0.15, -0.1) is 0 Å². The van der Waals surface area contributed by atoms with Crippen molar-refractivity contribution in [2.45, 2.75) is 25.9 Å². The zero-order chi connectivity index (χ0) is 19.7. The summed E-state index contributed by atoms with van der Waals surface area (Å²) in [6, 6.07) is 14.1. The molecule has 0 saturated carbocycles. The Morgan fingerprint density at radius 3 is 2.86 bits per heavy atom. The Labute approximate surface area is 173 Å². The molecule has 0 bridgehead atoms. The molecule has 28 heavy (non-hydrogen) atoms. The van der Waals surface area contributed by atoms with Gasteiger partial charge in [-0.2, -0.15) is 0 Å². The van der Waals surface area contributed by atoms with Crippen LogP contribution in [-0.2, 0) is 17.8 Å². The molecule has 0 amide bonds. The first-order chi connectivity index (χ1) is 13.5. The van der Waals surface area contributed by atoms with Crippen molar-refractivity contribution in [2.75, 3.05) is 24.5 Å². The van der Waals surface area contributed by atoms with E-state index < -0.39 is 5.97 Å². The minimum Gasteiger partial charge on any atom is -0.481 e. The molecule has 0 radical (unpaired) electrons. The van der Waals surface area contributed by atoms with Crippen molar-refractivity contribution in [2.24, 2.45) is 0 Å². The van der Waals surface area contributed by atoms with Crippen LogP contribution in [0.2, 0.25) is 5.02 Å². The highest BCUT2D eigenvalue weighted by molar-refractivity contribution is 7.22. The minimum absolute atomic E-state index is 0.0691. The smallest absolute Gasteiger partial charge is 0.307 e. The lowest BCUT2D eigenvalue weighted by molar-refractivity contribution is -0.136. The molecule has 1 atom stereocenters. The molecule has 1 N–H and O–H groups in total. The van der Waals surface area contributed by atoms with Gasteiger partial charge < -0.3 is 10.0 Å². The van der Waals surface area contributed by atoms with E-state index in [0.717, 1.165) is 57.7 Å². The molecule has 1 saturated heterocycles. The minimum atomic E-state index is -0.795. The number of benzene rings is 2. The SMILES string of the molecule is C[C@@H]1CN(Cc2cccc(CC(=O)O)c2)CCN1c1nc2ccc(Cl)cc2s1. The van der Waals surface area contributed by atoms with E-state index >= 15 is 0 Å². The molecular formula is C21H22ClN3O2S. The molecule has 1 aliphatic heterocycles. The van der Waals surface area contributed by atoms with Gasteiger partial charge in [0.15, 0.2) is 5.13 Å². The summed E-state index contributed by atoms with van der Waals surface area (Å²) in [7, 11) is 0. The summed E-state index contributed by atoms with van der Waals surface area (Å²) in [5.41, 5.74) is 3.01. The van der Waals surface area contributed by atoms with Gasteiger partial charge in [-0.1, -0.05) is 47.2 Å². The van der Waals surface area contributed by atoms with Crippen molar-refractivity contribution < 1.29 is 9.90 Å². The highest BCUT2D eigenvalue weighted by Crippen LogP contribution is 2.32. The van der Waals surface area contributed by atoms with Gasteiger partial charge in [0.05, 0.1) is 16.6 Å². The first-order valence-corrected chi connectivity index (χ1v) is 10.5. The van der Waals surface area contributed by atoms with Crippen molar-refractivity contribution in [1.82, 2.24) is 9.88 Å². The number of carboxylic acid groups (broad SMARTS) is 1. The van der Waals surface area contributed by atoms with Crippen molar-refractivity contribution in [3.8, 4) is 0 Å². The lowest BCUT2D eigenvalue weighted by atomic mass is 10.1. The zero-order valence-corrected chi connectivity index (χ0v) is 17.2. The van der Waals surface area contributed by atoms with Gasteiger partial charge in [-0.25, -0.2) is 4.98 Å². The van der Waals surface area contributed by atoms with E-state index in [9.17, 15) is 4.79 Å².